The fourth-order valence-corrected chi connectivity index (χ4v) is 4.16. The fourth-order valence-electron chi connectivity index (χ4n) is 2.84. The molecule has 146 valence electrons. The van der Waals surface area contributed by atoms with E-state index in [1.165, 1.54) is 44.4 Å². The van der Waals surface area contributed by atoms with E-state index in [0.717, 1.165) is 6.07 Å². The van der Waals surface area contributed by atoms with Crippen LogP contribution in [0.15, 0.2) is 45.7 Å². The van der Waals surface area contributed by atoms with Crippen LogP contribution in [0.5, 0.6) is 0 Å². The number of ether oxygens (including phenoxy) is 1. The van der Waals surface area contributed by atoms with Crippen LogP contribution in [0.3, 0.4) is 0 Å². The van der Waals surface area contributed by atoms with E-state index in [4.69, 9.17) is 9.15 Å². The van der Waals surface area contributed by atoms with Crippen molar-refractivity contribution in [3.05, 3.63) is 63.4 Å². The molecule has 28 heavy (non-hydrogen) atoms. The van der Waals surface area contributed by atoms with E-state index in [0.29, 0.717) is 22.3 Å². The molecule has 0 aliphatic heterocycles. The molecule has 0 atom stereocenters. The lowest BCUT2D eigenvalue weighted by Gasteiger charge is -2.10. The summed E-state index contributed by atoms with van der Waals surface area (Å²) in [5, 5.41) is 11.4. The van der Waals surface area contributed by atoms with Gasteiger partial charge in [-0.2, -0.15) is 0 Å². The number of anilines is 1. The van der Waals surface area contributed by atoms with Crippen LogP contribution in [0.25, 0.3) is 11.0 Å². The maximum absolute atomic E-state index is 12.8. The number of furan rings is 1. The number of benzene rings is 2. The van der Waals surface area contributed by atoms with Crippen molar-refractivity contribution in [1.82, 2.24) is 0 Å². The monoisotopic (exact) mass is 404 g/mol. The molecule has 0 saturated heterocycles. The van der Waals surface area contributed by atoms with E-state index in [9.17, 15) is 23.3 Å². The first-order chi connectivity index (χ1) is 13.1. The largest absolute Gasteiger partial charge is 0.465 e. The molecule has 0 fully saturated rings. The van der Waals surface area contributed by atoms with Crippen molar-refractivity contribution in [2.24, 2.45) is 0 Å². The summed E-state index contributed by atoms with van der Waals surface area (Å²) >= 11 is 0. The highest BCUT2D eigenvalue weighted by atomic mass is 32.2. The summed E-state index contributed by atoms with van der Waals surface area (Å²) in [4.78, 5) is 22.1. The normalized spacial score (nSPS) is 11.4. The van der Waals surface area contributed by atoms with Crippen molar-refractivity contribution < 1.29 is 27.3 Å². The van der Waals surface area contributed by atoms with Gasteiger partial charge in [-0.25, -0.2) is 13.2 Å². The molecular weight excluding hydrogens is 388 g/mol. The molecule has 0 aliphatic rings. The van der Waals surface area contributed by atoms with Gasteiger partial charge in [0.25, 0.3) is 15.7 Å². The van der Waals surface area contributed by atoms with Crippen LogP contribution >= 0.6 is 0 Å². The molecule has 0 radical (unpaired) electrons. The Balaban J connectivity index is 2.06. The van der Waals surface area contributed by atoms with Gasteiger partial charge in [0, 0.05) is 23.2 Å². The van der Waals surface area contributed by atoms with Crippen LogP contribution in [-0.2, 0) is 14.8 Å². The van der Waals surface area contributed by atoms with Crippen molar-refractivity contribution >= 4 is 38.3 Å². The van der Waals surface area contributed by atoms with Gasteiger partial charge >= 0.3 is 5.97 Å². The minimum atomic E-state index is -4.10. The molecule has 3 rings (SSSR count). The number of esters is 1. The number of sulfonamides is 1. The van der Waals surface area contributed by atoms with E-state index in [-0.39, 0.29) is 21.8 Å². The molecule has 0 unspecified atom stereocenters. The Morgan fingerprint density at radius 3 is 2.54 bits per heavy atom. The topological polar surface area (TPSA) is 129 Å². The lowest BCUT2D eigenvalue weighted by molar-refractivity contribution is -0.385. The first-order valence-electron chi connectivity index (χ1n) is 8.03. The molecule has 10 heteroatoms. The first-order valence-corrected chi connectivity index (χ1v) is 9.51. The number of hydrogen-bond donors (Lipinski definition) is 1. The summed E-state index contributed by atoms with van der Waals surface area (Å²) < 4.78 is 38.2. The third kappa shape index (κ3) is 3.41. The Hall–Kier alpha value is -3.40. The van der Waals surface area contributed by atoms with Crippen LogP contribution in [0.2, 0.25) is 0 Å². The van der Waals surface area contributed by atoms with E-state index in [1.54, 1.807) is 6.92 Å². The Kier molecular flexibility index (Phi) is 4.82. The number of nitro benzene ring substituents is 1. The number of nitro groups is 1. The second-order valence-electron chi connectivity index (χ2n) is 6.05. The van der Waals surface area contributed by atoms with E-state index >= 15 is 0 Å². The number of non-ortho nitro benzene ring substituents is 1. The maximum Gasteiger partial charge on any atom is 0.342 e. The van der Waals surface area contributed by atoms with Crippen LogP contribution in [-0.4, -0.2) is 26.4 Å². The molecule has 0 bridgehead atoms. The summed E-state index contributed by atoms with van der Waals surface area (Å²) in [6, 6.07) is 8.03. The fraction of sp³-hybridized carbons (Fsp3) is 0.167. The molecule has 2 aromatic carbocycles. The van der Waals surface area contributed by atoms with Crippen molar-refractivity contribution in [3.63, 3.8) is 0 Å². The van der Waals surface area contributed by atoms with Gasteiger partial charge in [0.1, 0.15) is 16.9 Å². The predicted octanol–water partition coefficient (Wildman–Crippen LogP) is 3.55. The summed E-state index contributed by atoms with van der Waals surface area (Å²) in [6.07, 6.45) is 0. The highest BCUT2D eigenvalue weighted by molar-refractivity contribution is 7.92. The minimum absolute atomic E-state index is 0.171. The summed E-state index contributed by atoms with van der Waals surface area (Å²) in [6.45, 7) is 3.14. The minimum Gasteiger partial charge on any atom is -0.465 e. The van der Waals surface area contributed by atoms with Gasteiger partial charge < -0.3 is 9.15 Å². The van der Waals surface area contributed by atoms with Gasteiger partial charge in [0.2, 0.25) is 0 Å². The molecule has 0 spiro atoms. The Morgan fingerprint density at radius 1 is 1.18 bits per heavy atom. The van der Waals surface area contributed by atoms with Gasteiger partial charge in [0.15, 0.2) is 0 Å². The van der Waals surface area contributed by atoms with Gasteiger partial charge in [-0.05, 0) is 37.6 Å². The SMILES string of the molecule is COC(=O)c1c(C)oc2ccc(NS(=O)(=O)c3cc([N+](=O)[O-])ccc3C)cc12. The predicted molar refractivity (Wildman–Crippen MR) is 101 cm³/mol. The Bertz CT molecular complexity index is 1210. The lowest BCUT2D eigenvalue weighted by Crippen LogP contribution is -2.14. The van der Waals surface area contributed by atoms with Crippen molar-refractivity contribution in [2.75, 3.05) is 11.8 Å². The average Bonchev–Trinajstić information content (AvgIpc) is 2.95. The van der Waals surface area contributed by atoms with Crippen LogP contribution < -0.4 is 4.72 Å². The number of carbonyl (C=O) groups excluding carboxylic acids is 1. The second-order valence-corrected chi connectivity index (χ2v) is 7.70. The maximum atomic E-state index is 12.8. The van der Waals surface area contributed by atoms with Crippen LogP contribution in [0.1, 0.15) is 21.7 Å². The van der Waals surface area contributed by atoms with Gasteiger partial charge in [-0.3, -0.25) is 14.8 Å². The molecule has 0 saturated carbocycles. The lowest BCUT2D eigenvalue weighted by atomic mass is 10.1. The molecule has 1 aromatic heterocycles. The van der Waals surface area contributed by atoms with Crippen LogP contribution in [0.4, 0.5) is 11.4 Å². The van der Waals surface area contributed by atoms with Crippen LogP contribution in [0, 0.1) is 24.0 Å². The first kappa shape index (κ1) is 19.4. The molecule has 3 aromatic rings. The van der Waals surface area contributed by atoms with E-state index in [1.807, 2.05) is 0 Å². The number of hydrogen-bond acceptors (Lipinski definition) is 7. The zero-order chi connectivity index (χ0) is 20.6. The number of aryl methyl sites for hydroxylation is 2. The molecular formula is C18H16N2O7S. The highest BCUT2D eigenvalue weighted by Crippen LogP contribution is 2.30. The standard InChI is InChI=1S/C18H16N2O7S/c1-10-4-6-13(20(22)23)9-16(10)28(24,25)19-12-5-7-15-14(8-12)17(11(2)27-15)18(21)26-3/h4-9,19H,1-3H3. The van der Waals surface area contributed by atoms with Gasteiger partial charge in [-0.1, -0.05) is 6.07 Å². The number of methoxy groups -OCH3 is 1. The summed E-state index contributed by atoms with van der Waals surface area (Å²) in [5.74, 6) is -0.262. The second kappa shape index (κ2) is 6.97. The number of nitrogens with one attached hydrogen (secondary N) is 1. The van der Waals surface area contributed by atoms with Crippen molar-refractivity contribution in [3.8, 4) is 0 Å². The summed E-state index contributed by atoms with van der Waals surface area (Å²) in [7, 11) is -2.87. The molecule has 9 nitrogen and oxygen atoms in total. The zero-order valence-corrected chi connectivity index (χ0v) is 16.0. The zero-order valence-electron chi connectivity index (χ0n) is 15.2. The van der Waals surface area contributed by atoms with Gasteiger partial charge in [-0.15, -0.1) is 0 Å². The number of carbonyl (C=O) groups is 1. The third-order valence-corrected chi connectivity index (χ3v) is 5.70. The smallest absolute Gasteiger partial charge is 0.342 e. The van der Waals surface area contributed by atoms with Crippen molar-refractivity contribution in [2.45, 2.75) is 18.7 Å². The molecule has 1 N–H and O–H groups in total. The number of rotatable bonds is 5. The molecule has 0 aliphatic carbocycles. The summed E-state index contributed by atoms with van der Waals surface area (Å²) in [5.41, 5.74) is 0.787. The number of nitrogens with zero attached hydrogens (tertiary/aromatic N) is 1. The number of fused-ring (bicyclic) bond motifs is 1. The third-order valence-electron chi connectivity index (χ3n) is 4.18. The highest BCUT2D eigenvalue weighted by Gasteiger charge is 2.23. The molecule has 0 amide bonds. The molecule has 1 heterocycles. The van der Waals surface area contributed by atoms with E-state index in [2.05, 4.69) is 4.72 Å². The van der Waals surface area contributed by atoms with E-state index < -0.39 is 20.9 Å². The Morgan fingerprint density at radius 2 is 1.89 bits per heavy atom. The quantitative estimate of drug-likeness (QED) is 0.391. The van der Waals surface area contributed by atoms with Crippen molar-refractivity contribution in [1.29, 1.82) is 0 Å². The average molecular weight is 404 g/mol. The van der Waals surface area contributed by atoms with Gasteiger partial charge in [0.05, 0.1) is 16.9 Å². The Labute approximate surface area is 160 Å².